The summed E-state index contributed by atoms with van der Waals surface area (Å²) in [5.74, 6) is 0. The van der Waals surface area contributed by atoms with Gasteiger partial charge in [0.1, 0.15) is 12.5 Å². The fraction of sp³-hybridized carbons (Fsp3) is 0.125. The average molecular weight is 305 g/mol. The minimum Gasteiger partial charge on any atom is -0.455 e. The number of rotatable bonds is 4. The quantitative estimate of drug-likeness (QED) is 0.775. The molecule has 2 nitrogen and oxygen atoms in total. The zero-order valence-electron chi connectivity index (χ0n) is 10.7. The first-order chi connectivity index (χ1) is 9.83. The van der Waals surface area contributed by atoms with Gasteiger partial charge in [0.25, 0.3) is 6.29 Å². The molecule has 0 amide bonds. The van der Waals surface area contributed by atoms with Crippen molar-refractivity contribution >= 4 is 29.0 Å². The van der Waals surface area contributed by atoms with E-state index in [4.69, 9.17) is 21.1 Å². The van der Waals surface area contributed by atoms with Crippen molar-refractivity contribution in [3.8, 4) is 0 Å². The van der Waals surface area contributed by atoms with Crippen LogP contribution in [0.2, 0.25) is 5.02 Å². The Morgan fingerprint density at radius 2 is 1.85 bits per heavy atom. The second-order valence-electron chi connectivity index (χ2n) is 4.33. The molecule has 2 heterocycles. The van der Waals surface area contributed by atoms with Crippen LogP contribution in [0.1, 0.15) is 22.3 Å². The lowest BCUT2D eigenvalue weighted by Gasteiger charge is -2.10. The van der Waals surface area contributed by atoms with Gasteiger partial charge in [-0.2, -0.15) is 0 Å². The fourth-order valence-corrected chi connectivity index (χ4v) is 2.99. The Balaban J connectivity index is 1.66. The molecule has 0 saturated heterocycles. The van der Waals surface area contributed by atoms with Crippen molar-refractivity contribution in [1.29, 1.82) is 0 Å². The van der Waals surface area contributed by atoms with E-state index in [-0.39, 0.29) is 6.29 Å². The molecule has 0 aliphatic carbocycles. The van der Waals surface area contributed by atoms with Gasteiger partial charge in [-0.15, -0.1) is 11.3 Å². The number of hydrogen-bond acceptors (Lipinski definition) is 3. The van der Waals surface area contributed by atoms with Crippen molar-refractivity contribution in [2.24, 2.45) is 0 Å². The Bertz CT molecular complexity index is 620. The molecule has 3 rings (SSSR count). The Morgan fingerprint density at radius 1 is 1.10 bits per heavy atom. The van der Waals surface area contributed by atoms with Gasteiger partial charge in [0, 0.05) is 21.9 Å². The van der Waals surface area contributed by atoms with Crippen molar-refractivity contribution in [2.75, 3.05) is 0 Å². The predicted molar refractivity (Wildman–Crippen MR) is 82.6 cm³/mol. The van der Waals surface area contributed by atoms with Crippen LogP contribution in [-0.2, 0) is 15.9 Å². The van der Waals surface area contributed by atoms with E-state index >= 15 is 0 Å². The zero-order chi connectivity index (χ0) is 13.8. The summed E-state index contributed by atoms with van der Waals surface area (Å²) in [7, 11) is 0. The number of ether oxygens (including phenoxy) is 2. The smallest absolute Gasteiger partial charge is 0.267 e. The van der Waals surface area contributed by atoms with Gasteiger partial charge in [-0.25, -0.2) is 0 Å². The summed E-state index contributed by atoms with van der Waals surface area (Å²) in [5.41, 5.74) is 2.24. The first-order valence-electron chi connectivity index (χ1n) is 6.27. The molecule has 0 radical (unpaired) electrons. The topological polar surface area (TPSA) is 18.5 Å². The van der Waals surface area contributed by atoms with E-state index in [1.165, 1.54) is 4.88 Å². The molecule has 1 aromatic carbocycles. The lowest BCUT2D eigenvalue weighted by molar-refractivity contribution is -0.0247. The van der Waals surface area contributed by atoms with Crippen LogP contribution in [0.4, 0.5) is 0 Å². The van der Waals surface area contributed by atoms with Gasteiger partial charge >= 0.3 is 0 Å². The molecule has 20 heavy (non-hydrogen) atoms. The summed E-state index contributed by atoms with van der Waals surface area (Å²) in [6.45, 7) is 0. The van der Waals surface area contributed by atoms with Crippen molar-refractivity contribution in [1.82, 2.24) is 0 Å². The minimum absolute atomic E-state index is 0.291. The van der Waals surface area contributed by atoms with Crippen LogP contribution in [0.25, 0.3) is 6.08 Å². The summed E-state index contributed by atoms with van der Waals surface area (Å²) in [6, 6.07) is 9.84. The molecular formula is C16H13ClO2S. The maximum absolute atomic E-state index is 5.86. The van der Waals surface area contributed by atoms with Crippen molar-refractivity contribution in [3.63, 3.8) is 0 Å². The summed E-state index contributed by atoms with van der Waals surface area (Å²) in [5, 5.41) is 2.82. The summed E-state index contributed by atoms with van der Waals surface area (Å²) >= 11 is 7.58. The van der Waals surface area contributed by atoms with Crippen LogP contribution in [0.3, 0.4) is 0 Å². The van der Waals surface area contributed by atoms with Gasteiger partial charge in [-0.3, -0.25) is 0 Å². The largest absolute Gasteiger partial charge is 0.455 e. The van der Waals surface area contributed by atoms with Crippen molar-refractivity contribution in [2.45, 2.75) is 12.7 Å². The van der Waals surface area contributed by atoms with Crippen LogP contribution in [0, 0.1) is 0 Å². The Labute approximate surface area is 126 Å². The number of benzene rings is 1. The van der Waals surface area contributed by atoms with Crippen LogP contribution in [0.5, 0.6) is 0 Å². The van der Waals surface area contributed by atoms with Crippen molar-refractivity contribution in [3.05, 3.63) is 75.3 Å². The van der Waals surface area contributed by atoms with Crippen LogP contribution in [-0.4, -0.2) is 0 Å². The molecular weight excluding hydrogens is 292 g/mol. The molecule has 4 heteroatoms. The van der Waals surface area contributed by atoms with E-state index in [9.17, 15) is 0 Å². The van der Waals surface area contributed by atoms with Gasteiger partial charge < -0.3 is 9.47 Å². The number of halogens is 1. The first-order valence-corrected chi connectivity index (χ1v) is 7.53. The second kappa shape index (κ2) is 6.16. The maximum atomic E-state index is 5.86. The summed E-state index contributed by atoms with van der Waals surface area (Å²) in [4.78, 5) is 1.25. The Morgan fingerprint density at radius 3 is 2.60 bits per heavy atom. The average Bonchev–Trinajstić information content (AvgIpc) is 3.11. The molecule has 2 aromatic rings. The first kappa shape index (κ1) is 13.3. The molecule has 0 atom stereocenters. The normalized spacial score (nSPS) is 14.7. The standard InChI is InChI=1S/C16H13ClO2S/c17-13-6-4-12(5-7-13)2-1-3-15-14(8-11-20-15)16-18-9-10-19-16/h1-2,4-11,16H,3H2/b2-1-. The highest BCUT2D eigenvalue weighted by atomic mass is 35.5. The van der Waals surface area contributed by atoms with Gasteiger partial charge in [0.2, 0.25) is 0 Å². The Hall–Kier alpha value is -1.71. The highest BCUT2D eigenvalue weighted by Gasteiger charge is 2.19. The lowest BCUT2D eigenvalue weighted by Crippen LogP contribution is -1.98. The third kappa shape index (κ3) is 3.06. The third-order valence-corrected chi connectivity index (χ3v) is 4.19. The SMILES string of the molecule is Clc1ccc(/C=C\Cc2sccc2C2OC=CO2)cc1. The van der Waals surface area contributed by atoms with E-state index in [1.807, 2.05) is 30.3 Å². The molecule has 102 valence electrons. The zero-order valence-corrected chi connectivity index (χ0v) is 12.2. The molecule has 0 bridgehead atoms. The lowest BCUT2D eigenvalue weighted by atomic mass is 10.1. The highest BCUT2D eigenvalue weighted by molar-refractivity contribution is 7.10. The molecule has 0 unspecified atom stereocenters. The van der Waals surface area contributed by atoms with Gasteiger partial charge in [0.15, 0.2) is 0 Å². The number of allylic oxidation sites excluding steroid dienone is 1. The molecule has 0 N–H and O–H groups in total. The van der Waals surface area contributed by atoms with Gasteiger partial charge in [-0.1, -0.05) is 35.9 Å². The molecule has 0 saturated carbocycles. The van der Waals surface area contributed by atoms with E-state index in [1.54, 1.807) is 23.9 Å². The van der Waals surface area contributed by atoms with E-state index in [0.717, 1.165) is 22.6 Å². The maximum Gasteiger partial charge on any atom is 0.267 e. The molecule has 1 aromatic heterocycles. The fourth-order valence-electron chi connectivity index (χ4n) is 1.99. The van der Waals surface area contributed by atoms with E-state index < -0.39 is 0 Å². The summed E-state index contributed by atoms with van der Waals surface area (Å²) in [6.07, 6.45) is 7.96. The van der Waals surface area contributed by atoms with Gasteiger partial charge in [-0.05, 0) is 29.1 Å². The highest BCUT2D eigenvalue weighted by Crippen LogP contribution is 2.30. The van der Waals surface area contributed by atoms with E-state index in [0.29, 0.717) is 0 Å². The number of thiophene rings is 1. The van der Waals surface area contributed by atoms with Crippen molar-refractivity contribution < 1.29 is 9.47 Å². The molecule has 1 aliphatic rings. The molecule has 0 fully saturated rings. The molecule has 1 aliphatic heterocycles. The van der Waals surface area contributed by atoms with Crippen LogP contribution in [0.15, 0.2) is 54.3 Å². The van der Waals surface area contributed by atoms with Crippen LogP contribution < -0.4 is 0 Å². The predicted octanol–water partition coefficient (Wildman–Crippen LogP) is 5.17. The molecule has 0 spiro atoms. The summed E-state index contributed by atoms with van der Waals surface area (Å²) < 4.78 is 10.8. The third-order valence-electron chi connectivity index (χ3n) is 2.98. The van der Waals surface area contributed by atoms with Gasteiger partial charge in [0.05, 0.1) is 0 Å². The minimum atomic E-state index is -0.291. The number of hydrogen-bond donors (Lipinski definition) is 0. The van der Waals surface area contributed by atoms with E-state index in [2.05, 4.69) is 17.5 Å². The monoisotopic (exact) mass is 304 g/mol. The Kier molecular flexibility index (Phi) is 4.09. The second-order valence-corrected chi connectivity index (χ2v) is 5.77. The van der Waals surface area contributed by atoms with Crippen LogP contribution >= 0.6 is 22.9 Å².